The van der Waals surface area contributed by atoms with Crippen LogP contribution in [0.1, 0.15) is 44.6 Å². The Kier molecular flexibility index (Phi) is 6.67. The van der Waals surface area contributed by atoms with Gasteiger partial charge < -0.3 is 5.73 Å². The summed E-state index contributed by atoms with van der Waals surface area (Å²) >= 11 is 0. The second kappa shape index (κ2) is 7.76. The number of nitrogens with two attached hydrogens (primary N) is 1. The molecule has 0 bridgehead atoms. The molecule has 1 aliphatic rings. The Bertz CT molecular complexity index is 373. The topological polar surface area (TPSA) is 29.3 Å². The average Bonchev–Trinajstić information content (AvgIpc) is 2.39. The number of hydrogen-bond acceptors (Lipinski definition) is 2. The highest BCUT2D eigenvalue weighted by Gasteiger charge is 2.22. The molecule has 1 saturated carbocycles. The third-order valence-electron chi connectivity index (χ3n) is 4.40. The Morgan fingerprint density at radius 3 is 2.47 bits per heavy atom. The molecule has 0 radical (unpaired) electrons. The van der Waals surface area contributed by atoms with Crippen LogP contribution in [-0.4, -0.2) is 18.0 Å². The van der Waals surface area contributed by atoms with E-state index in [0.717, 1.165) is 24.2 Å². The van der Waals surface area contributed by atoms with Gasteiger partial charge in [-0.25, -0.2) is 0 Å². The van der Waals surface area contributed by atoms with Crippen molar-refractivity contribution in [3.8, 4) is 0 Å². The summed E-state index contributed by atoms with van der Waals surface area (Å²) in [5, 5.41) is 0. The summed E-state index contributed by atoms with van der Waals surface area (Å²) < 4.78 is 0. The summed E-state index contributed by atoms with van der Waals surface area (Å²) in [5.74, 6) is 0.974. The number of nitrogen functional groups attached to an aromatic ring is 1. The first-order valence-electron chi connectivity index (χ1n) is 7.23. The molecule has 3 heteroatoms. The molecule has 0 aliphatic heterocycles. The Hall–Kier alpha value is -0.730. The Balaban J connectivity index is 0.00000180. The zero-order valence-corrected chi connectivity index (χ0v) is 13.0. The summed E-state index contributed by atoms with van der Waals surface area (Å²) in [5.41, 5.74) is 8.03. The van der Waals surface area contributed by atoms with Crippen LogP contribution in [0.4, 0.5) is 5.69 Å². The first-order valence-corrected chi connectivity index (χ1v) is 7.23. The first-order chi connectivity index (χ1) is 8.69. The van der Waals surface area contributed by atoms with Gasteiger partial charge >= 0.3 is 0 Å². The van der Waals surface area contributed by atoms with Crippen molar-refractivity contribution in [3.05, 3.63) is 29.8 Å². The van der Waals surface area contributed by atoms with Crippen molar-refractivity contribution >= 4 is 18.1 Å². The Morgan fingerprint density at radius 2 is 1.89 bits per heavy atom. The van der Waals surface area contributed by atoms with Crippen LogP contribution in [-0.2, 0) is 6.54 Å². The van der Waals surface area contributed by atoms with Gasteiger partial charge in [0.15, 0.2) is 0 Å². The van der Waals surface area contributed by atoms with E-state index in [-0.39, 0.29) is 12.4 Å². The maximum Gasteiger partial charge on any atom is 0.0317 e. The van der Waals surface area contributed by atoms with Crippen LogP contribution in [0.25, 0.3) is 0 Å². The zero-order valence-electron chi connectivity index (χ0n) is 12.1. The van der Waals surface area contributed by atoms with Crippen molar-refractivity contribution in [2.75, 3.05) is 12.8 Å². The fourth-order valence-electron chi connectivity index (χ4n) is 3.10. The molecule has 0 spiro atoms. The lowest BCUT2D eigenvalue weighted by Crippen LogP contribution is -2.34. The maximum atomic E-state index is 5.83. The number of rotatable bonds is 4. The molecular formula is C16H27ClN2. The molecule has 2 N–H and O–H groups in total. The minimum atomic E-state index is 0. The lowest BCUT2D eigenvalue weighted by atomic mass is 9.84. The molecule has 0 amide bonds. The van der Waals surface area contributed by atoms with Gasteiger partial charge in [-0.2, -0.15) is 0 Å². The Labute approximate surface area is 123 Å². The van der Waals surface area contributed by atoms with Crippen molar-refractivity contribution in [3.63, 3.8) is 0 Å². The fraction of sp³-hybridized carbons (Fsp3) is 0.625. The standard InChI is InChI=1S/C16H26N2.ClH/c1-3-13-7-9-16(10-8-13)18(2)12-14-5-4-6-15(17)11-14;/h4-6,11,13,16H,3,7-10,12,17H2,1-2H3;1H. The second-order valence-electron chi connectivity index (χ2n) is 5.74. The van der Waals surface area contributed by atoms with Crippen LogP contribution in [0.15, 0.2) is 24.3 Å². The van der Waals surface area contributed by atoms with Gasteiger partial charge in [0, 0.05) is 18.3 Å². The predicted octanol–water partition coefficient (Wildman–Crippen LogP) is 4.09. The maximum absolute atomic E-state index is 5.83. The van der Waals surface area contributed by atoms with Gasteiger partial charge in [-0.3, -0.25) is 4.90 Å². The Morgan fingerprint density at radius 1 is 1.21 bits per heavy atom. The van der Waals surface area contributed by atoms with E-state index in [1.807, 2.05) is 12.1 Å². The summed E-state index contributed by atoms with van der Waals surface area (Å²) in [6.45, 7) is 3.34. The molecule has 1 aromatic carbocycles. The quantitative estimate of drug-likeness (QED) is 0.843. The van der Waals surface area contributed by atoms with Crippen molar-refractivity contribution in [2.24, 2.45) is 5.92 Å². The third-order valence-corrected chi connectivity index (χ3v) is 4.40. The highest BCUT2D eigenvalue weighted by atomic mass is 35.5. The summed E-state index contributed by atoms with van der Waals surface area (Å²) in [7, 11) is 2.25. The van der Waals surface area contributed by atoms with E-state index in [2.05, 4.69) is 31.0 Å². The van der Waals surface area contributed by atoms with Gasteiger partial charge in [0.2, 0.25) is 0 Å². The van der Waals surface area contributed by atoms with Gasteiger partial charge in [0.25, 0.3) is 0 Å². The van der Waals surface area contributed by atoms with E-state index >= 15 is 0 Å². The minimum Gasteiger partial charge on any atom is -0.399 e. The molecule has 108 valence electrons. The van der Waals surface area contributed by atoms with E-state index in [0.29, 0.717) is 0 Å². The molecular weight excluding hydrogens is 256 g/mol. The number of benzene rings is 1. The van der Waals surface area contributed by atoms with Gasteiger partial charge in [-0.1, -0.05) is 25.5 Å². The van der Waals surface area contributed by atoms with Crippen LogP contribution in [0.2, 0.25) is 0 Å². The number of hydrogen-bond donors (Lipinski definition) is 1. The number of anilines is 1. The van der Waals surface area contributed by atoms with Crippen molar-refractivity contribution < 1.29 is 0 Å². The van der Waals surface area contributed by atoms with Gasteiger partial charge in [-0.05, 0) is 56.3 Å². The SMILES string of the molecule is CCC1CCC(N(C)Cc2cccc(N)c2)CC1.Cl. The lowest BCUT2D eigenvalue weighted by Gasteiger charge is -2.34. The molecule has 0 saturated heterocycles. The second-order valence-corrected chi connectivity index (χ2v) is 5.74. The molecule has 1 aromatic rings. The molecule has 2 rings (SSSR count). The summed E-state index contributed by atoms with van der Waals surface area (Å²) in [6.07, 6.45) is 6.88. The number of halogens is 1. The van der Waals surface area contributed by atoms with E-state index in [4.69, 9.17) is 5.73 Å². The predicted molar refractivity (Wildman–Crippen MR) is 85.6 cm³/mol. The first kappa shape index (κ1) is 16.3. The minimum absolute atomic E-state index is 0. The van der Waals surface area contributed by atoms with Crippen LogP contribution >= 0.6 is 12.4 Å². The molecule has 0 heterocycles. The van der Waals surface area contributed by atoms with Crippen molar-refractivity contribution in [2.45, 2.75) is 51.6 Å². The molecule has 1 aliphatic carbocycles. The summed E-state index contributed by atoms with van der Waals surface area (Å²) in [4.78, 5) is 2.50. The van der Waals surface area contributed by atoms with Crippen LogP contribution < -0.4 is 5.73 Å². The van der Waals surface area contributed by atoms with E-state index in [9.17, 15) is 0 Å². The third kappa shape index (κ3) is 4.70. The largest absolute Gasteiger partial charge is 0.399 e. The number of nitrogens with zero attached hydrogens (tertiary/aromatic N) is 1. The highest BCUT2D eigenvalue weighted by molar-refractivity contribution is 5.85. The molecule has 19 heavy (non-hydrogen) atoms. The van der Waals surface area contributed by atoms with Gasteiger partial charge in [0.1, 0.15) is 0 Å². The van der Waals surface area contributed by atoms with Crippen LogP contribution in [0, 0.1) is 5.92 Å². The molecule has 0 unspecified atom stereocenters. The molecule has 0 atom stereocenters. The molecule has 2 nitrogen and oxygen atoms in total. The monoisotopic (exact) mass is 282 g/mol. The van der Waals surface area contributed by atoms with E-state index < -0.39 is 0 Å². The molecule has 0 aromatic heterocycles. The normalized spacial score (nSPS) is 23.1. The lowest BCUT2D eigenvalue weighted by molar-refractivity contribution is 0.157. The van der Waals surface area contributed by atoms with Crippen molar-refractivity contribution in [1.29, 1.82) is 0 Å². The summed E-state index contributed by atoms with van der Waals surface area (Å²) in [6, 6.07) is 9.02. The zero-order chi connectivity index (χ0) is 13.0. The smallest absolute Gasteiger partial charge is 0.0317 e. The van der Waals surface area contributed by atoms with Crippen LogP contribution in [0.5, 0.6) is 0 Å². The fourth-order valence-corrected chi connectivity index (χ4v) is 3.10. The van der Waals surface area contributed by atoms with Gasteiger partial charge in [-0.15, -0.1) is 12.4 Å². The highest BCUT2D eigenvalue weighted by Crippen LogP contribution is 2.29. The van der Waals surface area contributed by atoms with Gasteiger partial charge in [0.05, 0.1) is 0 Å². The van der Waals surface area contributed by atoms with Crippen molar-refractivity contribution in [1.82, 2.24) is 4.90 Å². The van der Waals surface area contributed by atoms with E-state index in [1.54, 1.807) is 0 Å². The van der Waals surface area contributed by atoms with E-state index in [1.165, 1.54) is 37.7 Å². The van der Waals surface area contributed by atoms with Crippen LogP contribution in [0.3, 0.4) is 0 Å². The average molecular weight is 283 g/mol. The molecule has 1 fully saturated rings.